The second-order valence-electron chi connectivity index (χ2n) is 5.74. The molecule has 2 heterocycles. The topological polar surface area (TPSA) is 52.0 Å². The number of H-pyrrole nitrogens is 1. The maximum absolute atomic E-state index is 9.56. The molecule has 4 nitrogen and oxygen atoms in total. The van der Waals surface area contributed by atoms with Crippen molar-refractivity contribution in [1.29, 1.82) is 5.26 Å². The second kappa shape index (κ2) is 6.15. The van der Waals surface area contributed by atoms with Crippen molar-refractivity contribution < 1.29 is 6.16 Å². The monoisotopic (exact) mass is 297 g/mol. The van der Waals surface area contributed by atoms with Crippen LogP contribution < -0.4 is 9.64 Å². The predicted molar refractivity (Wildman–Crippen MR) is 90.4 cm³/mol. The number of hydrogen-bond donors (Lipinski definition) is 1. The minimum atomic E-state index is 0. The van der Waals surface area contributed by atoms with Crippen LogP contribution in [0, 0.1) is 18.3 Å². The number of piperidine rings is 1. The molecule has 4 heteroatoms. The molecule has 1 aliphatic rings. The van der Waals surface area contributed by atoms with Crippen molar-refractivity contribution in [1.82, 2.24) is 4.98 Å². The molecule has 0 atom stereocenters. The highest BCUT2D eigenvalue weighted by Crippen LogP contribution is 2.33. The molecule has 0 radical (unpaired) electrons. The summed E-state index contributed by atoms with van der Waals surface area (Å²) in [5.41, 5.74) is 3.90. The third-order valence-corrected chi connectivity index (χ3v) is 4.39. The van der Waals surface area contributed by atoms with Crippen molar-refractivity contribution in [3.8, 4) is 23.1 Å². The largest absolute Gasteiger partial charge is 0.497 e. The molecular weight excluding hydrogens is 274 g/mol. The summed E-state index contributed by atoms with van der Waals surface area (Å²) in [5, 5.41) is 9.56. The first-order valence-corrected chi connectivity index (χ1v) is 7.76. The Bertz CT molecular complexity index is 694. The van der Waals surface area contributed by atoms with Gasteiger partial charge in [0.2, 0.25) is 0 Å². The van der Waals surface area contributed by atoms with E-state index in [1.807, 2.05) is 31.2 Å². The molecule has 2 aromatic rings. The average molecular weight is 297 g/mol. The van der Waals surface area contributed by atoms with Crippen molar-refractivity contribution in [2.45, 2.75) is 26.2 Å². The van der Waals surface area contributed by atoms with Gasteiger partial charge in [-0.05, 0) is 61.6 Å². The van der Waals surface area contributed by atoms with Gasteiger partial charge in [0.05, 0.1) is 18.4 Å². The van der Waals surface area contributed by atoms with E-state index in [1.165, 1.54) is 19.3 Å². The Morgan fingerprint density at radius 1 is 1.18 bits per heavy atom. The maximum atomic E-state index is 9.56. The molecule has 0 aliphatic carbocycles. The van der Waals surface area contributed by atoms with Crippen molar-refractivity contribution >= 4 is 5.82 Å². The molecule has 1 aromatic heterocycles. The summed E-state index contributed by atoms with van der Waals surface area (Å²) in [6, 6.07) is 10.3. The zero-order valence-electron chi connectivity index (χ0n) is 13.1. The number of ether oxygens (including phenoxy) is 1. The number of benzene rings is 1. The van der Waals surface area contributed by atoms with Gasteiger partial charge in [0.1, 0.15) is 17.6 Å². The van der Waals surface area contributed by atoms with Gasteiger partial charge in [-0.3, -0.25) is 0 Å². The van der Waals surface area contributed by atoms with Gasteiger partial charge in [0.25, 0.3) is 0 Å². The molecule has 0 amide bonds. The predicted octanol–water partition coefficient (Wildman–Crippen LogP) is 4.11. The number of nitrogens with zero attached hydrogens (tertiary/aromatic N) is 2. The minimum Gasteiger partial charge on any atom is -0.497 e. The van der Waals surface area contributed by atoms with Crippen molar-refractivity contribution in [2.75, 3.05) is 25.1 Å². The van der Waals surface area contributed by atoms with E-state index in [0.717, 1.165) is 47.0 Å². The number of methoxy groups -OCH3 is 1. The number of aromatic nitrogens is 1. The van der Waals surface area contributed by atoms with Gasteiger partial charge in [-0.2, -0.15) is 5.26 Å². The molecular formula is C18H23N3O. The number of nitrogens with one attached hydrogen (secondary N) is 1. The van der Waals surface area contributed by atoms with E-state index >= 15 is 0 Å². The minimum absolute atomic E-state index is 0. The van der Waals surface area contributed by atoms with E-state index < -0.39 is 0 Å². The molecule has 1 aliphatic heterocycles. The summed E-state index contributed by atoms with van der Waals surface area (Å²) in [7, 11) is 1.66. The Hall–Kier alpha value is -2.41. The summed E-state index contributed by atoms with van der Waals surface area (Å²) in [4.78, 5) is 5.79. The zero-order chi connectivity index (χ0) is 15.5. The molecule has 0 saturated carbocycles. The first-order valence-electron chi connectivity index (χ1n) is 7.76. The highest BCUT2D eigenvalue weighted by atomic mass is 16.5. The summed E-state index contributed by atoms with van der Waals surface area (Å²) in [6.07, 6.45) is 3.67. The van der Waals surface area contributed by atoms with Gasteiger partial charge >= 0.3 is 0 Å². The first kappa shape index (κ1) is 14.5. The Labute approximate surface area is 132 Å². The van der Waals surface area contributed by atoms with E-state index in [2.05, 4.69) is 16.0 Å². The lowest BCUT2D eigenvalue weighted by Crippen LogP contribution is -2.30. The number of aromatic amines is 1. The number of rotatable bonds is 3. The fraction of sp³-hybridized carbons (Fsp3) is 0.389. The highest BCUT2D eigenvalue weighted by Gasteiger charge is 2.21. The molecule has 0 unspecified atom stereocenters. The van der Waals surface area contributed by atoms with E-state index in [0.29, 0.717) is 0 Å². The summed E-state index contributed by atoms with van der Waals surface area (Å²) in [5.74, 6) is 1.82. The van der Waals surface area contributed by atoms with E-state index in [4.69, 9.17) is 4.74 Å². The van der Waals surface area contributed by atoms with Crippen LogP contribution in [0.25, 0.3) is 11.3 Å². The highest BCUT2D eigenvalue weighted by molar-refractivity contribution is 5.74. The fourth-order valence-corrected chi connectivity index (χ4v) is 3.12. The maximum Gasteiger partial charge on any atom is 0.124 e. The number of hydrogen-bond acceptors (Lipinski definition) is 3. The first-order chi connectivity index (χ1) is 10.7. The van der Waals surface area contributed by atoms with Crippen molar-refractivity contribution in [3.05, 3.63) is 35.4 Å². The van der Waals surface area contributed by atoms with E-state index in [9.17, 15) is 5.26 Å². The van der Waals surface area contributed by atoms with Crippen LogP contribution in [0.4, 0.5) is 5.82 Å². The summed E-state index contributed by atoms with van der Waals surface area (Å²) < 4.78 is 5.21. The Morgan fingerprint density at radius 3 is 2.45 bits per heavy atom. The van der Waals surface area contributed by atoms with Gasteiger partial charge in [-0.15, -0.1) is 0 Å². The van der Waals surface area contributed by atoms with Gasteiger partial charge in [-0.25, -0.2) is 0 Å². The average Bonchev–Trinajstić information content (AvgIpc) is 2.92. The van der Waals surface area contributed by atoms with Crippen LogP contribution in [-0.2, 0) is 0 Å². The van der Waals surface area contributed by atoms with Gasteiger partial charge in [-0.1, -0.05) is 0 Å². The molecule has 22 heavy (non-hydrogen) atoms. The van der Waals surface area contributed by atoms with Crippen LogP contribution in [0.3, 0.4) is 0 Å². The van der Waals surface area contributed by atoms with Crippen LogP contribution in [0.15, 0.2) is 24.3 Å². The van der Waals surface area contributed by atoms with E-state index in [-0.39, 0.29) is 1.43 Å². The SMILES string of the molecule is COc1ccc(-c2[nH]c(N3CCCCC3)c(C#N)c2C)cc1.[HH]. The van der Waals surface area contributed by atoms with Crippen molar-refractivity contribution in [2.24, 2.45) is 0 Å². The normalized spacial score (nSPS) is 14.7. The van der Waals surface area contributed by atoms with Crippen LogP contribution in [0.2, 0.25) is 0 Å². The van der Waals surface area contributed by atoms with Crippen molar-refractivity contribution in [3.63, 3.8) is 0 Å². The third kappa shape index (κ3) is 2.55. The number of anilines is 1. The fourth-order valence-electron chi connectivity index (χ4n) is 3.12. The standard InChI is InChI=1S/C18H21N3O.H2/c1-13-16(12-19)18(21-10-4-3-5-11-21)20-17(13)14-6-8-15(22-2)9-7-14;/h6-9,20H,3-5,10-11H2,1-2H3;1H. The summed E-state index contributed by atoms with van der Waals surface area (Å²) in [6.45, 7) is 4.06. The Kier molecular flexibility index (Phi) is 4.06. The molecule has 1 fully saturated rings. The lowest BCUT2D eigenvalue weighted by Gasteiger charge is -2.27. The third-order valence-electron chi connectivity index (χ3n) is 4.39. The lowest BCUT2D eigenvalue weighted by atomic mass is 10.1. The van der Waals surface area contributed by atoms with Gasteiger partial charge < -0.3 is 14.6 Å². The van der Waals surface area contributed by atoms with E-state index in [1.54, 1.807) is 7.11 Å². The molecule has 1 saturated heterocycles. The van der Waals surface area contributed by atoms with Crippen LogP contribution in [0.1, 0.15) is 31.8 Å². The van der Waals surface area contributed by atoms with Gasteiger partial charge in [0, 0.05) is 14.5 Å². The molecule has 116 valence electrons. The van der Waals surface area contributed by atoms with Gasteiger partial charge in [0.15, 0.2) is 0 Å². The number of nitriles is 1. The molecule has 3 rings (SSSR count). The van der Waals surface area contributed by atoms with Crippen LogP contribution in [-0.4, -0.2) is 25.2 Å². The lowest BCUT2D eigenvalue weighted by molar-refractivity contribution is 0.415. The second-order valence-corrected chi connectivity index (χ2v) is 5.74. The Morgan fingerprint density at radius 2 is 1.86 bits per heavy atom. The Balaban J connectivity index is 0.00000192. The van der Waals surface area contributed by atoms with Crippen LogP contribution in [0.5, 0.6) is 5.75 Å². The smallest absolute Gasteiger partial charge is 0.124 e. The quantitative estimate of drug-likeness (QED) is 0.927. The zero-order valence-corrected chi connectivity index (χ0v) is 13.1. The van der Waals surface area contributed by atoms with Crippen LogP contribution >= 0.6 is 0 Å². The molecule has 0 bridgehead atoms. The molecule has 1 N–H and O–H groups in total. The molecule has 0 spiro atoms. The summed E-state index contributed by atoms with van der Waals surface area (Å²) >= 11 is 0. The molecule has 1 aromatic carbocycles.